The highest BCUT2D eigenvalue weighted by molar-refractivity contribution is 7.92. The number of nitrogens with zero attached hydrogens (tertiary/aromatic N) is 1. The second-order valence-corrected chi connectivity index (χ2v) is 13.8. The summed E-state index contributed by atoms with van der Waals surface area (Å²) in [6, 6.07) is 15.8. The van der Waals surface area contributed by atoms with E-state index in [0.717, 1.165) is 39.0 Å². The van der Waals surface area contributed by atoms with E-state index in [1.165, 1.54) is 4.70 Å². The largest absolute Gasteiger partial charge is 0.493 e. The van der Waals surface area contributed by atoms with Gasteiger partial charge in [0.1, 0.15) is 12.4 Å². The van der Waals surface area contributed by atoms with Crippen molar-refractivity contribution in [2.45, 2.75) is 39.7 Å². The average molecular weight is 590 g/mol. The predicted octanol–water partition coefficient (Wildman–Crippen LogP) is 6.25. The fraction of sp³-hybridized carbons (Fsp3) is 0.312. The maximum absolute atomic E-state index is 11.6. The zero-order chi connectivity index (χ0) is 29.2. The van der Waals surface area contributed by atoms with Gasteiger partial charge in [-0.1, -0.05) is 31.0 Å². The minimum absolute atomic E-state index is 0.0766. The highest BCUT2D eigenvalue weighted by Gasteiger charge is 2.45. The number of aliphatic carboxylic acids is 1. The molecule has 2 aromatic carbocycles. The van der Waals surface area contributed by atoms with Crippen LogP contribution in [0.2, 0.25) is 0 Å². The third-order valence-corrected chi connectivity index (χ3v) is 10.3. The van der Waals surface area contributed by atoms with E-state index >= 15 is 0 Å². The van der Waals surface area contributed by atoms with Gasteiger partial charge in [0.15, 0.2) is 9.84 Å². The molecule has 1 unspecified atom stereocenters. The molecule has 3 heterocycles. The normalized spacial score (nSPS) is 15.8. The molecule has 7 nitrogen and oxygen atoms in total. The summed E-state index contributed by atoms with van der Waals surface area (Å²) in [6.07, 6.45) is 1.55. The average Bonchev–Trinajstić information content (AvgIpc) is 3.32. The number of pyridine rings is 1. The summed E-state index contributed by atoms with van der Waals surface area (Å²) in [6.45, 7) is 6.40. The Morgan fingerprint density at radius 1 is 1.12 bits per heavy atom. The number of rotatable bonds is 10. The first-order valence-corrected chi connectivity index (χ1v) is 15.9. The molecule has 5 rings (SSSR count). The van der Waals surface area contributed by atoms with Crippen molar-refractivity contribution in [2.75, 3.05) is 18.1 Å². The van der Waals surface area contributed by atoms with Gasteiger partial charge < -0.3 is 14.6 Å². The number of carboxylic acid groups (broad SMARTS) is 1. The maximum atomic E-state index is 11.6. The molecular weight excluding hydrogens is 558 g/mol. The van der Waals surface area contributed by atoms with Crippen LogP contribution in [-0.2, 0) is 21.2 Å². The monoisotopic (exact) mass is 589 g/mol. The molecule has 2 aromatic heterocycles. The van der Waals surface area contributed by atoms with E-state index in [9.17, 15) is 13.2 Å². The third kappa shape index (κ3) is 6.72. The molecule has 0 spiro atoms. The van der Waals surface area contributed by atoms with E-state index in [1.807, 2.05) is 31.2 Å². The van der Waals surface area contributed by atoms with Crippen LogP contribution in [0, 0.1) is 24.2 Å². The molecule has 0 radical (unpaired) electrons. The Kier molecular flexibility index (Phi) is 8.07. The van der Waals surface area contributed by atoms with Gasteiger partial charge in [0, 0.05) is 33.3 Å². The Hall–Kier alpha value is -3.87. The summed E-state index contributed by atoms with van der Waals surface area (Å²) in [7, 11) is -2.91. The van der Waals surface area contributed by atoms with E-state index in [4.69, 9.17) is 14.6 Å². The van der Waals surface area contributed by atoms with Crippen molar-refractivity contribution < 1.29 is 27.8 Å². The molecule has 0 amide bonds. The van der Waals surface area contributed by atoms with Gasteiger partial charge in [-0.15, -0.1) is 17.3 Å². The molecule has 1 fully saturated rings. The fourth-order valence-corrected chi connectivity index (χ4v) is 8.35. The fourth-order valence-electron chi connectivity index (χ4n) is 5.20. The highest BCUT2D eigenvalue weighted by atomic mass is 32.2. The highest BCUT2D eigenvalue weighted by Crippen LogP contribution is 2.38. The van der Waals surface area contributed by atoms with Crippen LogP contribution in [0.3, 0.4) is 0 Å². The maximum Gasteiger partial charge on any atom is 0.304 e. The Morgan fingerprint density at radius 2 is 1.93 bits per heavy atom. The van der Waals surface area contributed by atoms with Crippen molar-refractivity contribution in [1.82, 2.24) is 4.98 Å². The van der Waals surface area contributed by atoms with Gasteiger partial charge in [-0.2, -0.15) is 0 Å². The van der Waals surface area contributed by atoms with Gasteiger partial charge in [0.05, 0.1) is 30.5 Å². The summed E-state index contributed by atoms with van der Waals surface area (Å²) < 4.78 is 36.3. The van der Waals surface area contributed by atoms with Crippen molar-refractivity contribution in [1.29, 1.82) is 0 Å². The Morgan fingerprint density at radius 3 is 2.59 bits per heavy atom. The lowest BCUT2D eigenvalue weighted by atomic mass is 9.96. The van der Waals surface area contributed by atoms with Crippen molar-refractivity contribution in [3.63, 3.8) is 0 Å². The van der Waals surface area contributed by atoms with Crippen LogP contribution in [0.25, 0.3) is 21.2 Å². The Labute approximate surface area is 244 Å². The second-order valence-electron chi connectivity index (χ2n) is 10.9. The van der Waals surface area contributed by atoms with Crippen molar-refractivity contribution in [3.05, 3.63) is 76.8 Å². The number of aromatic nitrogens is 1. The van der Waals surface area contributed by atoms with Gasteiger partial charge in [-0.25, -0.2) is 13.4 Å². The van der Waals surface area contributed by atoms with Crippen LogP contribution in [0.4, 0.5) is 0 Å². The number of fused-ring (bicyclic) bond motifs is 1. The number of hydrogen-bond acceptors (Lipinski definition) is 7. The van der Waals surface area contributed by atoms with Crippen LogP contribution < -0.4 is 9.47 Å². The van der Waals surface area contributed by atoms with Gasteiger partial charge >= 0.3 is 5.97 Å². The molecule has 0 bridgehead atoms. The molecule has 1 aliphatic heterocycles. The molecule has 41 heavy (non-hydrogen) atoms. The van der Waals surface area contributed by atoms with Crippen LogP contribution in [-0.4, -0.2) is 42.6 Å². The molecule has 1 atom stereocenters. The van der Waals surface area contributed by atoms with E-state index < -0.39 is 21.7 Å². The van der Waals surface area contributed by atoms with Crippen LogP contribution in [0.5, 0.6) is 11.6 Å². The summed E-state index contributed by atoms with van der Waals surface area (Å²) in [4.78, 5) is 15.5. The lowest BCUT2D eigenvalue weighted by Crippen LogP contribution is -2.50. The molecule has 1 aliphatic rings. The van der Waals surface area contributed by atoms with Crippen LogP contribution in [0.1, 0.15) is 42.9 Å². The molecule has 212 valence electrons. The number of benzene rings is 2. The first-order valence-electron chi connectivity index (χ1n) is 13.2. The van der Waals surface area contributed by atoms with Crippen molar-refractivity contribution in [3.8, 4) is 34.6 Å². The van der Waals surface area contributed by atoms with Crippen LogP contribution >= 0.6 is 11.3 Å². The topological polar surface area (TPSA) is 103 Å². The van der Waals surface area contributed by atoms with Crippen molar-refractivity contribution >= 4 is 37.2 Å². The lowest BCUT2D eigenvalue weighted by Gasteiger charge is -2.37. The Balaban J connectivity index is 1.27. The zero-order valence-electron chi connectivity index (χ0n) is 23.1. The van der Waals surface area contributed by atoms with E-state index in [-0.39, 0.29) is 23.3 Å². The first kappa shape index (κ1) is 28.7. The van der Waals surface area contributed by atoms with Gasteiger partial charge in [-0.05, 0) is 65.7 Å². The van der Waals surface area contributed by atoms with E-state index in [1.54, 1.807) is 30.5 Å². The zero-order valence-corrected chi connectivity index (χ0v) is 24.8. The summed E-state index contributed by atoms with van der Waals surface area (Å²) in [5.41, 5.74) is 4.76. The predicted molar refractivity (Wildman–Crippen MR) is 161 cm³/mol. The number of aryl methyl sites for hydroxylation is 1. The minimum atomic E-state index is -2.91. The molecule has 9 heteroatoms. The molecule has 1 saturated heterocycles. The number of ether oxygens (including phenoxy) is 2. The number of carbonyl (C=O) groups is 1. The molecular formula is C32H31NO6S2. The van der Waals surface area contributed by atoms with Gasteiger partial charge in [0.25, 0.3) is 0 Å². The van der Waals surface area contributed by atoms with E-state index in [2.05, 4.69) is 47.3 Å². The van der Waals surface area contributed by atoms with Gasteiger partial charge in [-0.3, -0.25) is 4.79 Å². The second kappa shape index (κ2) is 11.6. The summed E-state index contributed by atoms with van der Waals surface area (Å²) in [5, 5.41) is 12.4. The molecule has 0 aliphatic carbocycles. The molecule has 0 saturated carbocycles. The third-order valence-electron chi connectivity index (χ3n) is 7.10. The molecule has 4 aromatic rings. The quantitative estimate of drug-likeness (QED) is 0.218. The first-order chi connectivity index (χ1) is 19.5. The number of carboxylic acids is 1. The standard InChI is InChI=1S/C32H31NO6S2/c1-4-5-23(14-31(34)35)24-7-11-30(33-15-24)38-16-22-6-10-29-27(13-22)28(17-40-29)26-9-8-25(12-21(26)2)39-18-32(3)19-41(36,37)20-32/h6-13,15,17,23H,14,16,18-20H2,1-3H3,(H,34,35). The lowest BCUT2D eigenvalue weighted by molar-refractivity contribution is -0.137. The summed E-state index contributed by atoms with van der Waals surface area (Å²) >= 11 is 1.69. The van der Waals surface area contributed by atoms with Crippen molar-refractivity contribution in [2.24, 2.45) is 5.41 Å². The SMILES string of the molecule is CC#CC(CC(=O)O)c1ccc(OCc2ccc3scc(-c4ccc(OCC5(C)CS(=O)(=O)C5)cc4C)c3c2)nc1. The van der Waals surface area contributed by atoms with E-state index in [0.29, 0.717) is 19.1 Å². The number of sulfone groups is 1. The Bertz CT molecular complexity index is 1750. The van der Waals surface area contributed by atoms with Crippen LogP contribution in [0.15, 0.2) is 60.1 Å². The minimum Gasteiger partial charge on any atom is -0.493 e. The van der Waals surface area contributed by atoms with Gasteiger partial charge in [0.2, 0.25) is 5.88 Å². The summed E-state index contributed by atoms with van der Waals surface area (Å²) in [5.74, 6) is 5.94. The number of hydrogen-bond donors (Lipinski definition) is 1. The number of thiophene rings is 1. The molecule has 1 N–H and O–H groups in total. The smallest absolute Gasteiger partial charge is 0.304 e.